The molecule has 14 heavy (non-hydrogen) atoms. The Morgan fingerprint density at radius 2 is 2.21 bits per heavy atom. The van der Waals surface area contributed by atoms with E-state index in [0.717, 1.165) is 6.54 Å². The Morgan fingerprint density at radius 1 is 1.43 bits per heavy atom. The first-order valence-electron chi connectivity index (χ1n) is 4.23. The molecule has 0 saturated carbocycles. The van der Waals surface area contributed by atoms with Crippen LogP contribution in [0, 0.1) is 3.57 Å². The highest BCUT2D eigenvalue weighted by molar-refractivity contribution is 14.1. The van der Waals surface area contributed by atoms with Crippen molar-refractivity contribution in [2.24, 2.45) is 5.73 Å². The normalized spacial score (nSPS) is 10.7. The van der Waals surface area contributed by atoms with Crippen LogP contribution in [0.2, 0.25) is 0 Å². The van der Waals surface area contributed by atoms with E-state index in [-0.39, 0.29) is 0 Å². The van der Waals surface area contributed by atoms with Crippen LogP contribution in [0.15, 0.2) is 24.5 Å². The van der Waals surface area contributed by atoms with Crippen molar-refractivity contribution >= 4 is 33.9 Å². The molecule has 0 amide bonds. The second-order valence-corrected chi connectivity index (χ2v) is 5.43. The molecule has 0 atom stereocenters. The van der Waals surface area contributed by atoms with Crippen LogP contribution in [-0.4, -0.2) is 9.78 Å². The molecule has 2 aromatic rings. The molecular weight excluding hydrogens is 309 g/mol. The molecule has 74 valence electrons. The average molecular weight is 319 g/mol. The molecule has 2 heterocycles. The zero-order valence-corrected chi connectivity index (χ0v) is 10.5. The van der Waals surface area contributed by atoms with Gasteiger partial charge in [0.05, 0.1) is 16.3 Å². The minimum Gasteiger partial charge on any atom is -0.326 e. The maximum absolute atomic E-state index is 5.55. The predicted molar refractivity (Wildman–Crippen MR) is 66.3 cm³/mol. The maximum atomic E-state index is 5.55. The Labute approximate surface area is 100 Å². The van der Waals surface area contributed by atoms with Crippen LogP contribution in [0.1, 0.15) is 9.75 Å². The van der Waals surface area contributed by atoms with Crippen LogP contribution < -0.4 is 5.73 Å². The predicted octanol–water partition coefficient (Wildman–Crippen LogP) is 2.06. The summed E-state index contributed by atoms with van der Waals surface area (Å²) in [5.74, 6) is 0. The van der Waals surface area contributed by atoms with E-state index in [1.807, 2.05) is 17.1 Å². The van der Waals surface area contributed by atoms with Gasteiger partial charge in [0, 0.05) is 22.5 Å². The minimum atomic E-state index is 0.626. The van der Waals surface area contributed by atoms with Crippen molar-refractivity contribution in [1.29, 1.82) is 0 Å². The van der Waals surface area contributed by atoms with Gasteiger partial charge in [0.15, 0.2) is 0 Å². The fourth-order valence-corrected chi connectivity index (χ4v) is 2.54. The molecule has 3 nitrogen and oxygen atoms in total. The lowest BCUT2D eigenvalue weighted by Crippen LogP contribution is -1.97. The third-order valence-electron chi connectivity index (χ3n) is 1.84. The van der Waals surface area contributed by atoms with Gasteiger partial charge < -0.3 is 5.73 Å². The van der Waals surface area contributed by atoms with Gasteiger partial charge in [-0.25, -0.2) is 0 Å². The van der Waals surface area contributed by atoms with Gasteiger partial charge in [-0.1, -0.05) is 0 Å². The number of nitrogens with zero attached hydrogens (tertiary/aromatic N) is 2. The van der Waals surface area contributed by atoms with Crippen molar-refractivity contribution in [3.05, 3.63) is 37.9 Å². The molecule has 0 spiro atoms. The zero-order chi connectivity index (χ0) is 9.97. The molecule has 0 aliphatic carbocycles. The molecular formula is C9H10IN3S. The quantitative estimate of drug-likeness (QED) is 0.880. The van der Waals surface area contributed by atoms with Gasteiger partial charge in [-0.3, -0.25) is 4.68 Å². The van der Waals surface area contributed by atoms with E-state index < -0.39 is 0 Å². The second kappa shape index (κ2) is 4.41. The van der Waals surface area contributed by atoms with Crippen molar-refractivity contribution in [1.82, 2.24) is 9.78 Å². The minimum absolute atomic E-state index is 0.626. The number of rotatable bonds is 3. The van der Waals surface area contributed by atoms with E-state index in [1.54, 1.807) is 11.3 Å². The first-order valence-corrected chi connectivity index (χ1v) is 6.13. The van der Waals surface area contributed by atoms with Gasteiger partial charge in [-0.2, -0.15) is 5.10 Å². The smallest absolute Gasteiger partial charge is 0.0752 e. The molecule has 0 aliphatic rings. The number of thiophene rings is 1. The largest absolute Gasteiger partial charge is 0.326 e. The molecule has 0 saturated heterocycles. The van der Waals surface area contributed by atoms with E-state index in [4.69, 9.17) is 5.73 Å². The van der Waals surface area contributed by atoms with E-state index in [1.165, 1.54) is 13.3 Å². The second-order valence-electron chi connectivity index (χ2n) is 2.93. The average Bonchev–Trinajstić information content (AvgIpc) is 2.76. The number of aromatic nitrogens is 2. The van der Waals surface area contributed by atoms with Crippen LogP contribution in [0.5, 0.6) is 0 Å². The number of nitrogens with two attached hydrogens (primary N) is 1. The fraction of sp³-hybridized carbons (Fsp3) is 0.222. The van der Waals surface area contributed by atoms with Crippen molar-refractivity contribution in [2.45, 2.75) is 13.1 Å². The molecule has 2 N–H and O–H groups in total. The van der Waals surface area contributed by atoms with E-state index in [0.29, 0.717) is 6.54 Å². The van der Waals surface area contributed by atoms with Crippen LogP contribution in [0.4, 0.5) is 0 Å². The zero-order valence-electron chi connectivity index (χ0n) is 7.48. The van der Waals surface area contributed by atoms with E-state index in [9.17, 15) is 0 Å². The standard InChI is InChI=1S/C9H10IN3S/c10-7-4-12-13(5-7)6-9-2-1-8(3-11)14-9/h1-2,4-5H,3,6,11H2. The lowest BCUT2D eigenvalue weighted by Gasteiger charge is -1.96. The lowest BCUT2D eigenvalue weighted by atomic mass is 10.4. The van der Waals surface area contributed by atoms with Crippen molar-refractivity contribution in [2.75, 3.05) is 0 Å². The molecule has 0 fully saturated rings. The first kappa shape index (κ1) is 10.1. The summed E-state index contributed by atoms with van der Waals surface area (Å²) in [4.78, 5) is 2.52. The third-order valence-corrected chi connectivity index (χ3v) is 3.49. The van der Waals surface area contributed by atoms with Crippen LogP contribution in [0.3, 0.4) is 0 Å². The Hall–Kier alpha value is -0.400. The summed E-state index contributed by atoms with van der Waals surface area (Å²) in [6.45, 7) is 1.47. The molecule has 0 bridgehead atoms. The van der Waals surface area contributed by atoms with E-state index in [2.05, 4.69) is 39.8 Å². The monoisotopic (exact) mass is 319 g/mol. The summed E-state index contributed by atoms with van der Waals surface area (Å²) < 4.78 is 3.10. The third kappa shape index (κ3) is 2.34. The van der Waals surface area contributed by atoms with Crippen LogP contribution in [0.25, 0.3) is 0 Å². The van der Waals surface area contributed by atoms with Gasteiger partial charge in [0.2, 0.25) is 0 Å². The highest BCUT2D eigenvalue weighted by Gasteiger charge is 2.00. The lowest BCUT2D eigenvalue weighted by molar-refractivity contribution is 0.694. The Bertz CT molecular complexity index is 421. The molecule has 0 aromatic carbocycles. The molecule has 5 heteroatoms. The molecule has 2 aromatic heterocycles. The van der Waals surface area contributed by atoms with Gasteiger partial charge in [0.25, 0.3) is 0 Å². The fourth-order valence-electron chi connectivity index (χ4n) is 1.20. The van der Waals surface area contributed by atoms with Crippen molar-refractivity contribution in [3.8, 4) is 0 Å². The Balaban J connectivity index is 2.10. The van der Waals surface area contributed by atoms with Gasteiger partial charge >= 0.3 is 0 Å². The summed E-state index contributed by atoms with van der Waals surface area (Å²) in [5, 5.41) is 4.23. The molecule has 2 rings (SSSR count). The summed E-state index contributed by atoms with van der Waals surface area (Å²) in [6, 6.07) is 4.19. The summed E-state index contributed by atoms with van der Waals surface area (Å²) >= 11 is 4.00. The highest BCUT2D eigenvalue weighted by Crippen LogP contribution is 2.17. The van der Waals surface area contributed by atoms with Crippen LogP contribution >= 0.6 is 33.9 Å². The van der Waals surface area contributed by atoms with Gasteiger partial charge in [-0.15, -0.1) is 11.3 Å². The molecule has 0 radical (unpaired) electrons. The van der Waals surface area contributed by atoms with Gasteiger partial charge in [-0.05, 0) is 34.7 Å². The Kier molecular flexibility index (Phi) is 3.19. The number of halogens is 1. The number of hydrogen-bond acceptors (Lipinski definition) is 3. The Morgan fingerprint density at radius 3 is 2.79 bits per heavy atom. The van der Waals surface area contributed by atoms with Crippen molar-refractivity contribution in [3.63, 3.8) is 0 Å². The maximum Gasteiger partial charge on any atom is 0.0752 e. The van der Waals surface area contributed by atoms with E-state index >= 15 is 0 Å². The van der Waals surface area contributed by atoms with Crippen molar-refractivity contribution < 1.29 is 0 Å². The molecule has 0 unspecified atom stereocenters. The topological polar surface area (TPSA) is 43.8 Å². The number of hydrogen-bond donors (Lipinski definition) is 1. The summed E-state index contributed by atoms with van der Waals surface area (Å²) in [7, 11) is 0. The highest BCUT2D eigenvalue weighted by atomic mass is 127. The molecule has 0 aliphatic heterocycles. The SMILES string of the molecule is NCc1ccc(Cn2cc(I)cn2)s1. The first-order chi connectivity index (χ1) is 6.78. The van der Waals surface area contributed by atoms with Crippen LogP contribution in [-0.2, 0) is 13.1 Å². The summed E-state index contributed by atoms with van der Waals surface area (Å²) in [5.41, 5.74) is 5.55. The van der Waals surface area contributed by atoms with Gasteiger partial charge in [0.1, 0.15) is 0 Å². The summed E-state index contributed by atoms with van der Waals surface area (Å²) in [6.07, 6.45) is 3.89.